The summed E-state index contributed by atoms with van der Waals surface area (Å²) in [5.41, 5.74) is 0.515. The summed E-state index contributed by atoms with van der Waals surface area (Å²) in [4.78, 5) is 11.8. The van der Waals surface area contributed by atoms with E-state index < -0.39 is 0 Å². The van der Waals surface area contributed by atoms with Gasteiger partial charge in [-0.2, -0.15) is 0 Å². The topological polar surface area (TPSA) is 26.3 Å². The minimum atomic E-state index is -0.221. The average Bonchev–Trinajstić information content (AvgIpc) is 2.78. The van der Waals surface area contributed by atoms with E-state index in [1.54, 1.807) is 6.92 Å². The van der Waals surface area contributed by atoms with E-state index in [0.717, 1.165) is 0 Å². The molecule has 0 N–H and O–H groups in total. The maximum atomic E-state index is 11.8. The second-order valence-electron chi connectivity index (χ2n) is 10.2. The molecule has 0 fully saturated rings. The van der Waals surface area contributed by atoms with Crippen molar-refractivity contribution in [1.82, 2.24) is 0 Å². The van der Waals surface area contributed by atoms with E-state index in [4.69, 9.17) is 4.74 Å². The maximum Gasteiger partial charge on any atom is 0.333 e. The molecule has 0 aliphatic carbocycles. The highest BCUT2D eigenvalue weighted by Gasteiger charge is 2.12. The molecule has 0 radical (unpaired) electrons. The first-order valence-electron chi connectivity index (χ1n) is 14.4. The fourth-order valence-corrected chi connectivity index (χ4v) is 4.47. The standard InChI is InChI=1S/C30H58O2/c1-5-7-9-11-13-15-17-19-21-23-25-29(27-32-30(31)28(3)4)26-24-22-20-18-16-14-12-10-8-6-2/h29H,3,5-27H2,1-2,4H3. The van der Waals surface area contributed by atoms with Gasteiger partial charge in [-0.05, 0) is 25.7 Å². The molecule has 0 rings (SSSR count). The van der Waals surface area contributed by atoms with Gasteiger partial charge in [0, 0.05) is 5.57 Å². The van der Waals surface area contributed by atoms with Gasteiger partial charge in [0.25, 0.3) is 0 Å². The Morgan fingerprint density at radius 3 is 1.22 bits per heavy atom. The lowest BCUT2D eigenvalue weighted by molar-refractivity contribution is -0.140. The van der Waals surface area contributed by atoms with E-state index >= 15 is 0 Å². The molecule has 32 heavy (non-hydrogen) atoms. The highest BCUT2D eigenvalue weighted by atomic mass is 16.5. The molecule has 0 amide bonds. The van der Waals surface area contributed by atoms with Crippen LogP contribution in [-0.2, 0) is 9.53 Å². The Hall–Kier alpha value is -0.790. The van der Waals surface area contributed by atoms with E-state index in [0.29, 0.717) is 18.1 Å². The van der Waals surface area contributed by atoms with E-state index in [9.17, 15) is 4.79 Å². The Morgan fingerprint density at radius 1 is 0.594 bits per heavy atom. The fraction of sp³-hybridized carbons (Fsp3) is 0.900. The number of esters is 1. The average molecular weight is 451 g/mol. The Kier molecular flexibility index (Phi) is 24.2. The molecular formula is C30H58O2. The van der Waals surface area contributed by atoms with E-state index in [2.05, 4.69) is 20.4 Å². The minimum Gasteiger partial charge on any atom is -0.462 e. The van der Waals surface area contributed by atoms with Crippen LogP contribution in [-0.4, -0.2) is 12.6 Å². The van der Waals surface area contributed by atoms with Crippen molar-refractivity contribution in [2.45, 2.75) is 162 Å². The zero-order valence-corrected chi connectivity index (χ0v) is 22.4. The third-order valence-electron chi connectivity index (χ3n) is 6.73. The van der Waals surface area contributed by atoms with Gasteiger partial charge in [-0.25, -0.2) is 4.79 Å². The van der Waals surface area contributed by atoms with Crippen LogP contribution in [0, 0.1) is 5.92 Å². The summed E-state index contributed by atoms with van der Waals surface area (Å²) < 4.78 is 5.51. The molecule has 0 aromatic heterocycles. The normalized spacial score (nSPS) is 11.2. The predicted octanol–water partition coefficient (Wildman–Crippen LogP) is 10.3. The second-order valence-corrected chi connectivity index (χ2v) is 10.2. The van der Waals surface area contributed by atoms with Crippen molar-refractivity contribution < 1.29 is 9.53 Å². The highest BCUT2D eigenvalue weighted by Crippen LogP contribution is 2.21. The summed E-state index contributed by atoms with van der Waals surface area (Å²) in [6.07, 6.45) is 29.9. The van der Waals surface area contributed by atoms with Crippen LogP contribution in [0.3, 0.4) is 0 Å². The van der Waals surface area contributed by atoms with Crippen LogP contribution in [0.25, 0.3) is 0 Å². The predicted molar refractivity (Wildman–Crippen MR) is 142 cm³/mol. The van der Waals surface area contributed by atoms with Crippen LogP contribution in [0.5, 0.6) is 0 Å². The molecule has 0 aliphatic heterocycles. The number of unbranched alkanes of at least 4 members (excludes halogenated alkanes) is 18. The molecular weight excluding hydrogens is 392 g/mol. The number of hydrogen-bond acceptors (Lipinski definition) is 2. The summed E-state index contributed by atoms with van der Waals surface area (Å²) in [5.74, 6) is 0.308. The van der Waals surface area contributed by atoms with Gasteiger partial charge < -0.3 is 4.74 Å². The Balaban J connectivity index is 3.86. The van der Waals surface area contributed by atoms with Crippen molar-refractivity contribution in [3.63, 3.8) is 0 Å². The summed E-state index contributed by atoms with van der Waals surface area (Å²) >= 11 is 0. The first kappa shape index (κ1) is 31.2. The lowest BCUT2D eigenvalue weighted by Gasteiger charge is -2.17. The summed E-state index contributed by atoms with van der Waals surface area (Å²) in [7, 11) is 0. The Labute approximate surface area is 202 Å². The summed E-state index contributed by atoms with van der Waals surface area (Å²) in [6, 6.07) is 0. The zero-order chi connectivity index (χ0) is 23.7. The molecule has 2 nitrogen and oxygen atoms in total. The molecule has 0 heterocycles. The summed E-state index contributed by atoms with van der Waals surface area (Å²) in [5, 5.41) is 0. The molecule has 0 aromatic carbocycles. The Bertz CT molecular complexity index is 391. The lowest BCUT2D eigenvalue weighted by Crippen LogP contribution is -2.15. The third kappa shape index (κ3) is 22.4. The minimum absolute atomic E-state index is 0.221. The van der Waals surface area contributed by atoms with Crippen molar-refractivity contribution in [3.8, 4) is 0 Å². The van der Waals surface area contributed by atoms with Gasteiger partial charge in [0.15, 0.2) is 0 Å². The first-order valence-corrected chi connectivity index (χ1v) is 14.4. The van der Waals surface area contributed by atoms with E-state index in [1.165, 1.54) is 141 Å². The highest BCUT2D eigenvalue weighted by molar-refractivity contribution is 5.86. The third-order valence-corrected chi connectivity index (χ3v) is 6.73. The molecule has 2 heteroatoms. The second kappa shape index (κ2) is 24.8. The molecule has 0 aromatic rings. The van der Waals surface area contributed by atoms with Crippen LogP contribution >= 0.6 is 0 Å². The van der Waals surface area contributed by atoms with Crippen LogP contribution in [0.15, 0.2) is 12.2 Å². The van der Waals surface area contributed by atoms with Crippen LogP contribution < -0.4 is 0 Å². The Morgan fingerprint density at radius 2 is 0.906 bits per heavy atom. The molecule has 190 valence electrons. The van der Waals surface area contributed by atoms with Crippen molar-refractivity contribution >= 4 is 5.97 Å². The van der Waals surface area contributed by atoms with Gasteiger partial charge in [0.1, 0.15) is 0 Å². The number of ether oxygens (including phenoxy) is 1. The zero-order valence-electron chi connectivity index (χ0n) is 22.4. The summed E-state index contributed by atoms with van der Waals surface area (Å²) in [6.45, 7) is 10.6. The van der Waals surface area contributed by atoms with E-state index in [-0.39, 0.29) is 5.97 Å². The monoisotopic (exact) mass is 450 g/mol. The van der Waals surface area contributed by atoms with Crippen molar-refractivity contribution in [1.29, 1.82) is 0 Å². The van der Waals surface area contributed by atoms with Gasteiger partial charge in [-0.3, -0.25) is 0 Å². The van der Waals surface area contributed by atoms with Gasteiger partial charge in [0.05, 0.1) is 6.61 Å². The number of carbonyl (C=O) groups excluding carboxylic acids is 1. The number of hydrogen-bond donors (Lipinski definition) is 0. The van der Waals surface area contributed by atoms with Crippen molar-refractivity contribution in [2.24, 2.45) is 5.92 Å². The van der Waals surface area contributed by atoms with Gasteiger partial charge >= 0.3 is 5.97 Å². The number of rotatable bonds is 25. The maximum absolute atomic E-state index is 11.8. The van der Waals surface area contributed by atoms with Crippen molar-refractivity contribution in [3.05, 3.63) is 12.2 Å². The van der Waals surface area contributed by atoms with Crippen LogP contribution in [0.2, 0.25) is 0 Å². The molecule has 0 bridgehead atoms. The fourth-order valence-electron chi connectivity index (χ4n) is 4.47. The molecule has 0 atom stereocenters. The molecule has 0 spiro atoms. The van der Waals surface area contributed by atoms with E-state index in [1.807, 2.05) is 0 Å². The smallest absolute Gasteiger partial charge is 0.333 e. The lowest BCUT2D eigenvalue weighted by atomic mass is 9.94. The van der Waals surface area contributed by atoms with Crippen LogP contribution in [0.4, 0.5) is 0 Å². The molecule has 0 saturated carbocycles. The van der Waals surface area contributed by atoms with Gasteiger partial charge in [0.2, 0.25) is 0 Å². The molecule has 0 aliphatic rings. The van der Waals surface area contributed by atoms with Gasteiger partial charge in [-0.15, -0.1) is 0 Å². The largest absolute Gasteiger partial charge is 0.462 e. The number of carbonyl (C=O) groups is 1. The van der Waals surface area contributed by atoms with Crippen LogP contribution in [0.1, 0.15) is 162 Å². The SMILES string of the molecule is C=C(C)C(=O)OCC(CCCCCCCCCCCC)CCCCCCCCCCCC. The quantitative estimate of drug-likeness (QED) is 0.0785. The van der Waals surface area contributed by atoms with Gasteiger partial charge in [-0.1, -0.05) is 149 Å². The molecule has 0 unspecified atom stereocenters. The molecule has 0 saturated heterocycles. The van der Waals surface area contributed by atoms with Crippen molar-refractivity contribution in [2.75, 3.05) is 6.61 Å². The first-order chi connectivity index (χ1) is 15.6.